The topological polar surface area (TPSA) is 49.7 Å². The van der Waals surface area contributed by atoms with Crippen LogP contribution in [0.4, 0.5) is 0 Å². The van der Waals surface area contributed by atoms with Gasteiger partial charge in [0, 0.05) is 15.6 Å². The molecule has 0 spiro atoms. The van der Waals surface area contributed by atoms with Crippen LogP contribution in [0.5, 0.6) is 5.75 Å². The van der Waals surface area contributed by atoms with Gasteiger partial charge in [0.1, 0.15) is 5.75 Å². The fourth-order valence-electron chi connectivity index (χ4n) is 1.56. The molecule has 2 aromatic carbocycles. The molecule has 0 unspecified atom stereocenters. The van der Waals surface area contributed by atoms with Crippen molar-refractivity contribution in [2.24, 2.45) is 0 Å². The van der Waals surface area contributed by atoms with Crippen LogP contribution in [0.2, 0.25) is 10.0 Å². The van der Waals surface area contributed by atoms with Gasteiger partial charge in [-0.1, -0.05) is 41.4 Å². The molecule has 2 N–H and O–H groups in total. The van der Waals surface area contributed by atoms with Crippen molar-refractivity contribution in [1.29, 1.82) is 0 Å². The first kappa shape index (κ1) is 13.2. The number of benzene rings is 2. The van der Waals surface area contributed by atoms with Crippen LogP contribution in [0, 0.1) is 0 Å². The molecule has 0 amide bonds. The molecule has 2 rings (SSSR count). The van der Waals surface area contributed by atoms with Crippen molar-refractivity contribution in [2.45, 2.75) is 0 Å². The van der Waals surface area contributed by atoms with Crippen LogP contribution in [0.25, 0.3) is 11.1 Å². The van der Waals surface area contributed by atoms with Gasteiger partial charge < -0.3 is 14.7 Å². The Bertz CT molecular complexity index is 544. The molecular weight excluding hydrogens is 274 g/mol. The monoisotopic (exact) mass is 282 g/mol. The second-order valence-corrected chi connectivity index (χ2v) is 4.44. The van der Waals surface area contributed by atoms with Crippen LogP contribution in [0.3, 0.4) is 0 Å². The molecule has 0 aliphatic carbocycles. The Labute approximate surface area is 115 Å². The Morgan fingerprint density at radius 2 is 1.61 bits per heavy atom. The Morgan fingerprint density at radius 3 is 2.17 bits per heavy atom. The highest BCUT2D eigenvalue weighted by Crippen LogP contribution is 2.31. The fourth-order valence-corrected chi connectivity index (χ4v) is 2.08. The lowest BCUT2D eigenvalue weighted by Gasteiger charge is -2.07. The van der Waals surface area contributed by atoms with Gasteiger partial charge in [-0.25, -0.2) is 0 Å². The van der Waals surface area contributed by atoms with Crippen LogP contribution in [0.15, 0.2) is 42.5 Å². The summed E-state index contributed by atoms with van der Waals surface area (Å²) >= 11 is 11.9. The molecular formula is C12H9BCl2O3. The summed E-state index contributed by atoms with van der Waals surface area (Å²) in [5.74, 6) is 0.360. The molecule has 0 aliphatic heterocycles. The highest BCUT2D eigenvalue weighted by molar-refractivity contribution is 6.36. The van der Waals surface area contributed by atoms with Gasteiger partial charge in [0.25, 0.3) is 0 Å². The molecule has 0 radical (unpaired) electrons. The van der Waals surface area contributed by atoms with Crippen molar-refractivity contribution in [3.8, 4) is 16.9 Å². The van der Waals surface area contributed by atoms with Crippen molar-refractivity contribution >= 4 is 30.5 Å². The minimum Gasteiger partial charge on any atom is -0.512 e. The van der Waals surface area contributed by atoms with E-state index < -0.39 is 7.32 Å². The van der Waals surface area contributed by atoms with Crippen LogP contribution in [-0.4, -0.2) is 17.4 Å². The summed E-state index contributed by atoms with van der Waals surface area (Å²) in [6, 6.07) is 12.0. The first-order chi connectivity index (χ1) is 8.56. The van der Waals surface area contributed by atoms with E-state index in [1.165, 1.54) is 0 Å². The number of hydrogen-bond acceptors (Lipinski definition) is 3. The van der Waals surface area contributed by atoms with Gasteiger partial charge >= 0.3 is 7.32 Å². The first-order valence-electron chi connectivity index (χ1n) is 5.14. The van der Waals surface area contributed by atoms with E-state index in [9.17, 15) is 0 Å². The Kier molecular flexibility index (Phi) is 4.14. The van der Waals surface area contributed by atoms with Crippen LogP contribution in [0.1, 0.15) is 0 Å². The molecule has 0 aliphatic rings. The molecule has 0 aromatic heterocycles. The summed E-state index contributed by atoms with van der Waals surface area (Å²) in [5.41, 5.74) is 1.73. The van der Waals surface area contributed by atoms with Gasteiger partial charge in [-0.2, -0.15) is 0 Å². The smallest absolute Gasteiger partial charge is 0.512 e. The van der Waals surface area contributed by atoms with Crippen LogP contribution >= 0.6 is 23.2 Å². The highest BCUT2D eigenvalue weighted by atomic mass is 35.5. The van der Waals surface area contributed by atoms with E-state index >= 15 is 0 Å². The molecule has 6 heteroatoms. The summed E-state index contributed by atoms with van der Waals surface area (Å²) in [6.45, 7) is 0. The maximum atomic E-state index is 8.66. The van der Waals surface area contributed by atoms with E-state index in [0.717, 1.165) is 11.1 Å². The molecule has 0 saturated heterocycles. The van der Waals surface area contributed by atoms with E-state index in [-0.39, 0.29) is 0 Å². The minimum absolute atomic E-state index is 0.360. The molecule has 3 nitrogen and oxygen atoms in total. The van der Waals surface area contributed by atoms with Crippen molar-refractivity contribution in [3.63, 3.8) is 0 Å². The number of rotatable bonds is 3. The lowest BCUT2D eigenvalue weighted by molar-refractivity contribution is 0.288. The molecule has 2 aromatic rings. The van der Waals surface area contributed by atoms with E-state index in [2.05, 4.69) is 0 Å². The molecule has 0 bridgehead atoms. The van der Waals surface area contributed by atoms with Crippen molar-refractivity contribution < 1.29 is 14.7 Å². The van der Waals surface area contributed by atoms with Crippen LogP contribution < -0.4 is 4.65 Å². The summed E-state index contributed by atoms with van der Waals surface area (Å²) in [4.78, 5) is 0. The maximum Gasteiger partial charge on any atom is 0.707 e. The van der Waals surface area contributed by atoms with Gasteiger partial charge in [0.05, 0.1) is 0 Å². The third-order valence-corrected chi connectivity index (χ3v) is 2.89. The van der Waals surface area contributed by atoms with Crippen LogP contribution in [-0.2, 0) is 0 Å². The van der Waals surface area contributed by atoms with E-state index in [1.54, 1.807) is 36.4 Å². The number of halogens is 2. The van der Waals surface area contributed by atoms with E-state index in [0.29, 0.717) is 15.8 Å². The quantitative estimate of drug-likeness (QED) is 0.851. The largest absolute Gasteiger partial charge is 0.707 e. The maximum absolute atomic E-state index is 8.66. The summed E-state index contributed by atoms with van der Waals surface area (Å²) in [5, 5.41) is 18.5. The van der Waals surface area contributed by atoms with E-state index in [4.69, 9.17) is 37.9 Å². The van der Waals surface area contributed by atoms with Gasteiger partial charge in [0.2, 0.25) is 0 Å². The van der Waals surface area contributed by atoms with Crippen molar-refractivity contribution in [1.82, 2.24) is 0 Å². The predicted octanol–water partition coefficient (Wildman–Crippen LogP) is 3.01. The zero-order chi connectivity index (χ0) is 13.1. The Morgan fingerprint density at radius 1 is 0.944 bits per heavy atom. The summed E-state index contributed by atoms with van der Waals surface area (Å²) in [6.07, 6.45) is 0. The zero-order valence-electron chi connectivity index (χ0n) is 9.18. The second kappa shape index (κ2) is 5.63. The summed E-state index contributed by atoms with van der Waals surface area (Å²) in [7, 11) is -1.82. The standard InChI is InChI=1S/C12H9BCl2O3/c14-9-3-6-11(12(15)7-9)8-1-4-10(5-2-8)18-13(16)17/h1-7,16-17H. The zero-order valence-corrected chi connectivity index (χ0v) is 10.7. The van der Waals surface area contributed by atoms with Gasteiger partial charge in [-0.05, 0) is 29.8 Å². The lowest BCUT2D eigenvalue weighted by atomic mass is 10.1. The number of hydrogen-bond donors (Lipinski definition) is 2. The van der Waals surface area contributed by atoms with E-state index in [1.807, 2.05) is 6.07 Å². The first-order valence-corrected chi connectivity index (χ1v) is 5.90. The fraction of sp³-hybridized carbons (Fsp3) is 0. The molecule has 0 fully saturated rings. The molecule has 0 heterocycles. The van der Waals surface area contributed by atoms with Gasteiger partial charge in [-0.3, -0.25) is 0 Å². The Balaban J connectivity index is 2.28. The second-order valence-electron chi connectivity index (χ2n) is 3.59. The molecule has 92 valence electrons. The minimum atomic E-state index is -1.82. The average molecular weight is 283 g/mol. The van der Waals surface area contributed by atoms with Gasteiger partial charge in [0.15, 0.2) is 0 Å². The third kappa shape index (κ3) is 3.18. The average Bonchev–Trinajstić information content (AvgIpc) is 2.30. The molecule has 18 heavy (non-hydrogen) atoms. The third-order valence-electron chi connectivity index (χ3n) is 2.34. The lowest BCUT2D eigenvalue weighted by Crippen LogP contribution is -2.20. The normalized spacial score (nSPS) is 10.2. The predicted molar refractivity (Wildman–Crippen MR) is 72.7 cm³/mol. The summed E-state index contributed by atoms with van der Waals surface area (Å²) < 4.78 is 4.71. The van der Waals surface area contributed by atoms with Crippen molar-refractivity contribution in [3.05, 3.63) is 52.5 Å². The van der Waals surface area contributed by atoms with Crippen molar-refractivity contribution in [2.75, 3.05) is 0 Å². The Hall–Kier alpha value is -1.20. The molecule has 0 atom stereocenters. The SMILES string of the molecule is OB(O)Oc1ccc(-c2ccc(Cl)cc2Cl)cc1. The highest BCUT2D eigenvalue weighted by Gasteiger charge is 2.11. The van der Waals surface area contributed by atoms with Gasteiger partial charge in [-0.15, -0.1) is 0 Å². The molecule has 0 saturated carbocycles.